The van der Waals surface area contributed by atoms with Crippen LogP contribution in [0.2, 0.25) is 0 Å². The number of aryl methyl sites for hydroxylation is 1. The van der Waals surface area contributed by atoms with Crippen LogP contribution in [0.4, 0.5) is 0 Å². The lowest BCUT2D eigenvalue weighted by atomic mass is 9.96. The quantitative estimate of drug-likeness (QED) is 0.896. The topological polar surface area (TPSA) is 51.1 Å². The second kappa shape index (κ2) is 5.43. The predicted molar refractivity (Wildman–Crippen MR) is 76.8 cm³/mol. The first-order valence-electron chi connectivity index (χ1n) is 7.66. The molecule has 108 valence electrons. The minimum Gasteiger partial charge on any atom is -0.353 e. The number of aromatic nitrogens is 1. The van der Waals surface area contributed by atoms with Crippen LogP contribution in [-0.4, -0.2) is 22.3 Å². The van der Waals surface area contributed by atoms with Crippen molar-refractivity contribution in [3.05, 3.63) is 23.0 Å². The van der Waals surface area contributed by atoms with E-state index in [1.54, 1.807) is 0 Å². The standard InChI is InChI=1S/C16H22N2O2/c1-11-10-13-14(4-2-5-15(13)19)18(11)9-3-6-16(20)17-12-7-8-12/h10,12H,2-9H2,1H3,(H,17,20). The monoisotopic (exact) mass is 274 g/mol. The maximum absolute atomic E-state index is 11.9. The van der Waals surface area contributed by atoms with Crippen molar-refractivity contribution in [2.75, 3.05) is 0 Å². The molecular formula is C16H22N2O2. The molecule has 1 fully saturated rings. The fourth-order valence-corrected chi connectivity index (χ4v) is 3.03. The number of Topliss-reactive ketones (excluding diaryl/α,β-unsaturated/α-hetero) is 1. The molecule has 3 rings (SSSR count). The Hall–Kier alpha value is -1.58. The van der Waals surface area contributed by atoms with Gasteiger partial charge in [-0.1, -0.05) is 0 Å². The van der Waals surface area contributed by atoms with Crippen LogP contribution in [0.15, 0.2) is 6.07 Å². The van der Waals surface area contributed by atoms with E-state index in [1.807, 2.05) is 6.07 Å². The summed E-state index contributed by atoms with van der Waals surface area (Å²) in [6, 6.07) is 2.46. The summed E-state index contributed by atoms with van der Waals surface area (Å²) in [7, 11) is 0. The lowest BCUT2D eigenvalue weighted by Crippen LogP contribution is -2.25. The van der Waals surface area contributed by atoms with Crippen molar-refractivity contribution in [2.24, 2.45) is 0 Å². The molecule has 1 aromatic heterocycles. The lowest BCUT2D eigenvalue weighted by Gasteiger charge is -2.16. The van der Waals surface area contributed by atoms with Gasteiger partial charge in [0.1, 0.15) is 0 Å². The van der Waals surface area contributed by atoms with E-state index in [9.17, 15) is 9.59 Å². The Morgan fingerprint density at radius 1 is 1.40 bits per heavy atom. The molecule has 0 aromatic carbocycles. The first kappa shape index (κ1) is 13.4. The van der Waals surface area contributed by atoms with E-state index < -0.39 is 0 Å². The molecule has 0 radical (unpaired) electrons. The molecule has 1 amide bonds. The highest BCUT2D eigenvalue weighted by molar-refractivity contribution is 5.98. The van der Waals surface area contributed by atoms with E-state index >= 15 is 0 Å². The second-order valence-electron chi connectivity index (χ2n) is 6.02. The van der Waals surface area contributed by atoms with E-state index in [2.05, 4.69) is 16.8 Å². The molecule has 20 heavy (non-hydrogen) atoms. The molecule has 0 bridgehead atoms. The third kappa shape index (κ3) is 2.79. The van der Waals surface area contributed by atoms with Crippen molar-refractivity contribution in [2.45, 2.75) is 64.5 Å². The minimum absolute atomic E-state index is 0.169. The van der Waals surface area contributed by atoms with Gasteiger partial charge < -0.3 is 9.88 Å². The van der Waals surface area contributed by atoms with Gasteiger partial charge in [0, 0.05) is 42.4 Å². The average Bonchev–Trinajstić information content (AvgIpc) is 3.15. The Balaban J connectivity index is 1.59. The molecule has 0 spiro atoms. The average molecular weight is 274 g/mol. The number of carbonyl (C=O) groups excluding carboxylic acids is 2. The summed E-state index contributed by atoms with van der Waals surface area (Å²) >= 11 is 0. The van der Waals surface area contributed by atoms with E-state index in [1.165, 1.54) is 5.69 Å². The molecule has 2 aliphatic rings. The van der Waals surface area contributed by atoms with Crippen molar-refractivity contribution in [1.29, 1.82) is 0 Å². The molecule has 0 aliphatic heterocycles. The fraction of sp³-hybridized carbons (Fsp3) is 0.625. The van der Waals surface area contributed by atoms with E-state index in [4.69, 9.17) is 0 Å². The minimum atomic E-state index is 0.169. The first-order valence-corrected chi connectivity index (χ1v) is 7.66. The zero-order valence-electron chi connectivity index (χ0n) is 12.1. The molecule has 0 unspecified atom stereocenters. The van der Waals surface area contributed by atoms with Crippen molar-refractivity contribution in [1.82, 2.24) is 9.88 Å². The summed E-state index contributed by atoms with van der Waals surface area (Å²) < 4.78 is 2.23. The van der Waals surface area contributed by atoms with Crippen molar-refractivity contribution in [3.63, 3.8) is 0 Å². The lowest BCUT2D eigenvalue weighted by molar-refractivity contribution is -0.121. The molecule has 2 aliphatic carbocycles. The number of nitrogens with one attached hydrogen (secondary N) is 1. The van der Waals surface area contributed by atoms with Crippen LogP contribution in [0.25, 0.3) is 0 Å². The molecule has 0 saturated heterocycles. The van der Waals surface area contributed by atoms with Crippen LogP contribution in [0, 0.1) is 6.92 Å². The van der Waals surface area contributed by atoms with Gasteiger partial charge in [0.2, 0.25) is 5.91 Å². The fourth-order valence-electron chi connectivity index (χ4n) is 3.03. The van der Waals surface area contributed by atoms with Gasteiger partial charge >= 0.3 is 0 Å². The summed E-state index contributed by atoms with van der Waals surface area (Å²) in [6.07, 6.45) is 6.32. The Morgan fingerprint density at radius 2 is 2.20 bits per heavy atom. The zero-order valence-corrected chi connectivity index (χ0v) is 12.1. The third-order valence-electron chi connectivity index (χ3n) is 4.26. The Labute approximate surface area is 119 Å². The molecular weight excluding hydrogens is 252 g/mol. The summed E-state index contributed by atoms with van der Waals surface area (Å²) in [5.41, 5.74) is 3.24. The molecule has 0 atom stereocenters. The van der Waals surface area contributed by atoms with Gasteiger partial charge in [0.15, 0.2) is 5.78 Å². The number of nitrogens with zero attached hydrogens (tertiary/aromatic N) is 1. The Bertz CT molecular complexity index is 541. The maximum atomic E-state index is 11.9. The molecule has 1 aromatic rings. The smallest absolute Gasteiger partial charge is 0.220 e. The van der Waals surface area contributed by atoms with Gasteiger partial charge in [-0.3, -0.25) is 9.59 Å². The maximum Gasteiger partial charge on any atom is 0.220 e. The van der Waals surface area contributed by atoms with Crippen molar-refractivity contribution < 1.29 is 9.59 Å². The third-order valence-corrected chi connectivity index (χ3v) is 4.26. The highest BCUT2D eigenvalue weighted by Crippen LogP contribution is 2.25. The number of fused-ring (bicyclic) bond motifs is 1. The number of hydrogen-bond acceptors (Lipinski definition) is 2. The van der Waals surface area contributed by atoms with Gasteiger partial charge in [0.05, 0.1) is 0 Å². The van der Waals surface area contributed by atoms with Crippen LogP contribution in [0.5, 0.6) is 0 Å². The highest BCUT2D eigenvalue weighted by atomic mass is 16.1. The van der Waals surface area contributed by atoms with Crippen molar-refractivity contribution in [3.8, 4) is 0 Å². The van der Waals surface area contributed by atoms with Crippen molar-refractivity contribution >= 4 is 11.7 Å². The summed E-state index contributed by atoms with van der Waals surface area (Å²) in [4.78, 5) is 23.6. The summed E-state index contributed by atoms with van der Waals surface area (Å²) in [6.45, 7) is 2.89. The molecule has 1 saturated carbocycles. The largest absolute Gasteiger partial charge is 0.353 e. The summed E-state index contributed by atoms with van der Waals surface area (Å²) in [5, 5.41) is 3.02. The Morgan fingerprint density at radius 3 is 2.95 bits per heavy atom. The molecule has 1 heterocycles. The second-order valence-corrected chi connectivity index (χ2v) is 6.02. The number of hydrogen-bond donors (Lipinski definition) is 1. The number of carbonyl (C=O) groups is 2. The van der Waals surface area contributed by atoms with Gasteiger partial charge in [-0.15, -0.1) is 0 Å². The summed E-state index contributed by atoms with van der Waals surface area (Å²) in [5.74, 6) is 0.446. The van der Waals surface area contributed by atoms with Crippen LogP contribution >= 0.6 is 0 Å². The van der Waals surface area contributed by atoms with Crippen LogP contribution < -0.4 is 5.32 Å². The van der Waals surface area contributed by atoms with E-state index in [0.717, 1.165) is 49.9 Å². The Kier molecular flexibility index (Phi) is 3.64. The van der Waals surface area contributed by atoms with Gasteiger partial charge in [-0.25, -0.2) is 0 Å². The van der Waals surface area contributed by atoms with Crippen LogP contribution in [0.1, 0.15) is 60.3 Å². The number of ketones is 1. The normalized spacial score (nSPS) is 17.9. The van der Waals surface area contributed by atoms with Crippen LogP contribution in [-0.2, 0) is 17.8 Å². The predicted octanol–water partition coefficient (Wildman–Crippen LogP) is 2.37. The number of rotatable bonds is 5. The molecule has 4 nitrogen and oxygen atoms in total. The SMILES string of the molecule is Cc1cc2c(n1CCCC(=O)NC1CC1)CCCC2=O. The highest BCUT2D eigenvalue weighted by Gasteiger charge is 2.24. The number of amides is 1. The van der Waals surface area contributed by atoms with Gasteiger partial charge in [-0.05, 0) is 45.1 Å². The van der Waals surface area contributed by atoms with E-state index in [-0.39, 0.29) is 11.7 Å². The zero-order chi connectivity index (χ0) is 14.1. The van der Waals surface area contributed by atoms with E-state index in [0.29, 0.717) is 18.9 Å². The van der Waals surface area contributed by atoms with Crippen LogP contribution in [0.3, 0.4) is 0 Å². The molecule has 4 heteroatoms. The molecule has 1 N–H and O–H groups in total. The first-order chi connectivity index (χ1) is 9.65. The van der Waals surface area contributed by atoms with Gasteiger partial charge in [-0.2, -0.15) is 0 Å². The van der Waals surface area contributed by atoms with Gasteiger partial charge in [0.25, 0.3) is 0 Å².